The van der Waals surface area contributed by atoms with Crippen LogP contribution in [0.4, 0.5) is 0 Å². The number of nitrogens with zero attached hydrogens (tertiary/aromatic N) is 4. The van der Waals surface area contributed by atoms with Gasteiger partial charge in [-0.2, -0.15) is 0 Å². The predicted molar refractivity (Wildman–Crippen MR) is 132 cm³/mol. The van der Waals surface area contributed by atoms with Gasteiger partial charge in [-0.05, 0) is 55.0 Å². The highest BCUT2D eigenvalue weighted by atomic mass is 32.1. The van der Waals surface area contributed by atoms with Crippen molar-refractivity contribution in [3.05, 3.63) is 94.7 Å². The van der Waals surface area contributed by atoms with Gasteiger partial charge in [-0.15, -0.1) is 11.3 Å². The Labute approximate surface area is 192 Å². The van der Waals surface area contributed by atoms with E-state index in [4.69, 9.17) is 4.98 Å². The number of aromatic nitrogens is 5. The summed E-state index contributed by atoms with van der Waals surface area (Å²) in [6, 6.07) is 18.3. The molecule has 0 saturated carbocycles. The number of fused-ring (bicyclic) bond motifs is 2. The Morgan fingerprint density at radius 1 is 0.879 bits per heavy atom. The Morgan fingerprint density at radius 2 is 1.73 bits per heavy atom. The number of rotatable bonds is 3. The molecule has 1 aromatic carbocycles. The van der Waals surface area contributed by atoms with Crippen LogP contribution in [0.1, 0.15) is 4.88 Å². The van der Waals surface area contributed by atoms with Crippen LogP contribution >= 0.6 is 11.3 Å². The summed E-state index contributed by atoms with van der Waals surface area (Å²) in [4.78, 5) is 35.5. The molecule has 0 atom stereocenters. The van der Waals surface area contributed by atoms with Crippen LogP contribution in [0, 0.1) is 6.92 Å². The number of H-pyrrole nitrogens is 1. The fourth-order valence-corrected chi connectivity index (χ4v) is 4.87. The molecule has 0 aliphatic heterocycles. The number of nitrogens with one attached hydrogen (secondary N) is 1. The lowest BCUT2D eigenvalue weighted by molar-refractivity contribution is 1.16. The van der Waals surface area contributed by atoms with Crippen molar-refractivity contribution in [3.8, 4) is 32.8 Å². The Bertz CT molecular complexity index is 1710. The zero-order chi connectivity index (χ0) is 22.4. The molecule has 158 valence electrons. The van der Waals surface area contributed by atoms with Crippen molar-refractivity contribution in [3.63, 3.8) is 0 Å². The molecule has 5 heterocycles. The first-order valence-corrected chi connectivity index (χ1v) is 11.2. The van der Waals surface area contributed by atoms with Gasteiger partial charge in [0.15, 0.2) is 0 Å². The number of thiophene rings is 1. The summed E-state index contributed by atoms with van der Waals surface area (Å²) < 4.78 is 0. The summed E-state index contributed by atoms with van der Waals surface area (Å²) >= 11 is 1.68. The standard InChI is InChI=1S/C26H17N5OS/c1-15-4-7-23(33-15)24-20(16-5-6-22-17(9-16)3-2-8-29-22)10-18-11-21(19-12-27-14-28-13-19)26(32)31-25(18)30-24/h2-14H,1H3,(H,30,31,32). The fourth-order valence-electron chi connectivity index (χ4n) is 4.00. The van der Waals surface area contributed by atoms with Crippen molar-refractivity contribution in [2.24, 2.45) is 0 Å². The Balaban J connectivity index is 1.63. The molecule has 0 spiro atoms. The van der Waals surface area contributed by atoms with Gasteiger partial charge in [-0.25, -0.2) is 15.0 Å². The van der Waals surface area contributed by atoms with Gasteiger partial charge in [0, 0.05) is 45.4 Å². The van der Waals surface area contributed by atoms with E-state index in [2.05, 4.69) is 63.3 Å². The molecular formula is C26H17N5OS. The van der Waals surface area contributed by atoms with Crippen molar-refractivity contribution in [1.29, 1.82) is 0 Å². The van der Waals surface area contributed by atoms with Crippen LogP contribution in [0.5, 0.6) is 0 Å². The third-order valence-electron chi connectivity index (χ3n) is 5.59. The van der Waals surface area contributed by atoms with E-state index < -0.39 is 0 Å². The fraction of sp³-hybridized carbons (Fsp3) is 0.0385. The zero-order valence-corrected chi connectivity index (χ0v) is 18.4. The molecule has 0 aliphatic carbocycles. The molecule has 6 aromatic rings. The lowest BCUT2D eigenvalue weighted by Crippen LogP contribution is -2.10. The average Bonchev–Trinajstić information content (AvgIpc) is 3.29. The summed E-state index contributed by atoms with van der Waals surface area (Å²) in [5.74, 6) is 0. The van der Waals surface area contributed by atoms with Gasteiger partial charge >= 0.3 is 0 Å². The van der Waals surface area contributed by atoms with Gasteiger partial charge in [-0.3, -0.25) is 9.78 Å². The summed E-state index contributed by atoms with van der Waals surface area (Å²) in [6.45, 7) is 2.08. The molecule has 7 heteroatoms. The normalized spacial score (nSPS) is 11.3. The summed E-state index contributed by atoms with van der Waals surface area (Å²) in [7, 11) is 0. The molecule has 0 aliphatic rings. The van der Waals surface area contributed by atoms with Crippen LogP contribution in [-0.2, 0) is 0 Å². The van der Waals surface area contributed by atoms with Crippen molar-refractivity contribution >= 4 is 33.3 Å². The monoisotopic (exact) mass is 447 g/mol. The minimum Gasteiger partial charge on any atom is -0.306 e. The average molecular weight is 448 g/mol. The van der Waals surface area contributed by atoms with Gasteiger partial charge in [-0.1, -0.05) is 12.1 Å². The molecule has 33 heavy (non-hydrogen) atoms. The van der Waals surface area contributed by atoms with Gasteiger partial charge in [0.2, 0.25) is 0 Å². The van der Waals surface area contributed by atoms with Crippen molar-refractivity contribution in [2.45, 2.75) is 6.92 Å². The number of hydrogen-bond donors (Lipinski definition) is 1. The molecule has 0 fully saturated rings. The van der Waals surface area contributed by atoms with E-state index in [1.165, 1.54) is 11.2 Å². The van der Waals surface area contributed by atoms with Gasteiger partial charge < -0.3 is 4.98 Å². The third-order valence-corrected chi connectivity index (χ3v) is 6.60. The minimum absolute atomic E-state index is 0.220. The Hall–Kier alpha value is -4.23. The SMILES string of the molecule is Cc1ccc(-c2nc3[nH]c(=O)c(-c4cncnc4)cc3cc2-c2ccc3ncccc3c2)s1. The molecule has 0 bridgehead atoms. The van der Waals surface area contributed by atoms with Crippen molar-refractivity contribution in [2.75, 3.05) is 0 Å². The molecule has 1 N–H and O–H groups in total. The second kappa shape index (κ2) is 7.72. The first-order valence-electron chi connectivity index (χ1n) is 10.4. The zero-order valence-electron chi connectivity index (χ0n) is 17.6. The molecular weight excluding hydrogens is 430 g/mol. The van der Waals surface area contributed by atoms with Crippen LogP contribution in [0.25, 0.3) is 54.8 Å². The number of aryl methyl sites for hydroxylation is 1. The predicted octanol–water partition coefficient (Wildman–Crippen LogP) is 5.63. The lowest BCUT2D eigenvalue weighted by Gasteiger charge is -2.12. The van der Waals surface area contributed by atoms with Crippen LogP contribution < -0.4 is 5.56 Å². The second-order valence-corrected chi connectivity index (χ2v) is 9.07. The van der Waals surface area contributed by atoms with Crippen molar-refractivity contribution in [1.82, 2.24) is 24.9 Å². The largest absolute Gasteiger partial charge is 0.306 e. The molecule has 5 aromatic heterocycles. The smallest absolute Gasteiger partial charge is 0.257 e. The van der Waals surface area contributed by atoms with Crippen molar-refractivity contribution < 1.29 is 0 Å². The summed E-state index contributed by atoms with van der Waals surface area (Å²) in [6.07, 6.45) is 6.51. The highest BCUT2D eigenvalue weighted by Gasteiger charge is 2.16. The van der Waals surface area contributed by atoms with E-state index >= 15 is 0 Å². The molecule has 6 rings (SSSR count). The second-order valence-electron chi connectivity index (χ2n) is 7.78. The number of pyridine rings is 3. The van der Waals surface area contributed by atoms with Crippen LogP contribution in [-0.4, -0.2) is 24.9 Å². The summed E-state index contributed by atoms with van der Waals surface area (Å²) in [5, 5.41) is 1.90. The highest BCUT2D eigenvalue weighted by molar-refractivity contribution is 7.15. The Morgan fingerprint density at radius 3 is 2.55 bits per heavy atom. The number of benzene rings is 1. The van der Waals surface area contributed by atoms with E-state index in [1.54, 1.807) is 29.9 Å². The first kappa shape index (κ1) is 19.5. The van der Waals surface area contributed by atoms with Gasteiger partial charge in [0.1, 0.15) is 12.0 Å². The maximum absolute atomic E-state index is 12.8. The summed E-state index contributed by atoms with van der Waals surface area (Å²) in [5.41, 5.74) is 5.33. The van der Waals surface area contributed by atoms with Gasteiger partial charge in [0.05, 0.1) is 21.7 Å². The van der Waals surface area contributed by atoms with Crippen LogP contribution in [0.15, 0.2) is 84.3 Å². The quantitative estimate of drug-likeness (QED) is 0.380. The topological polar surface area (TPSA) is 84.4 Å². The van der Waals surface area contributed by atoms with E-state index in [0.29, 0.717) is 16.8 Å². The Kier molecular flexibility index (Phi) is 4.55. The molecule has 0 radical (unpaired) electrons. The molecule has 0 saturated heterocycles. The highest BCUT2D eigenvalue weighted by Crippen LogP contribution is 2.37. The van der Waals surface area contributed by atoms with Crippen LogP contribution in [0.3, 0.4) is 0 Å². The van der Waals surface area contributed by atoms with E-state index in [0.717, 1.165) is 38.0 Å². The number of aromatic amines is 1. The maximum Gasteiger partial charge on any atom is 0.257 e. The van der Waals surface area contributed by atoms with E-state index in [9.17, 15) is 4.79 Å². The number of hydrogen-bond acceptors (Lipinski definition) is 6. The van der Waals surface area contributed by atoms with Crippen LogP contribution in [0.2, 0.25) is 0 Å². The first-order chi connectivity index (χ1) is 16.2. The molecule has 0 unspecified atom stereocenters. The maximum atomic E-state index is 12.8. The van der Waals surface area contributed by atoms with E-state index in [-0.39, 0.29) is 5.56 Å². The lowest BCUT2D eigenvalue weighted by atomic mass is 9.99. The molecule has 0 amide bonds. The van der Waals surface area contributed by atoms with Gasteiger partial charge in [0.25, 0.3) is 5.56 Å². The molecule has 6 nitrogen and oxygen atoms in total. The third kappa shape index (κ3) is 3.48. The van der Waals surface area contributed by atoms with E-state index in [1.807, 2.05) is 18.2 Å². The minimum atomic E-state index is -0.220.